The predicted octanol–water partition coefficient (Wildman–Crippen LogP) is 1.56. The molecule has 1 aromatic carbocycles. The molecule has 0 spiro atoms. The number of rotatable bonds is 5. The maximum absolute atomic E-state index is 11.4. The van der Waals surface area contributed by atoms with Crippen LogP contribution in [-0.4, -0.2) is 31.5 Å². The van der Waals surface area contributed by atoms with Crippen LogP contribution in [0.15, 0.2) is 24.3 Å². The first-order chi connectivity index (χ1) is 8.06. The second-order valence-corrected chi connectivity index (χ2v) is 4.13. The van der Waals surface area contributed by atoms with Gasteiger partial charge in [0, 0.05) is 25.7 Å². The summed E-state index contributed by atoms with van der Waals surface area (Å²) in [7, 11) is 3.41. The maximum Gasteiger partial charge on any atom is 0.259 e. The van der Waals surface area contributed by atoms with Crippen molar-refractivity contribution < 1.29 is 9.53 Å². The molecule has 0 saturated carbocycles. The number of amides is 1. The van der Waals surface area contributed by atoms with Crippen molar-refractivity contribution in [3.63, 3.8) is 0 Å². The highest BCUT2D eigenvalue weighted by atomic mass is 16.5. The van der Waals surface area contributed by atoms with Gasteiger partial charge in [0.25, 0.3) is 5.91 Å². The van der Waals surface area contributed by atoms with Gasteiger partial charge in [-0.1, -0.05) is 25.1 Å². The number of nitrogens with two attached hydrogens (primary N) is 1. The lowest BCUT2D eigenvalue weighted by Crippen LogP contribution is -2.28. The van der Waals surface area contributed by atoms with E-state index in [4.69, 9.17) is 10.5 Å². The number of carbonyl (C=O) groups is 1. The Kier molecular flexibility index (Phi) is 4.97. The zero-order valence-electron chi connectivity index (χ0n) is 10.6. The third-order valence-corrected chi connectivity index (χ3v) is 2.61. The summed E-state index contributed by atoms with van der Waals surface area (Å²) >= 11 is 0. The van der Waals surface area contributed by atoms with Crippen molar-refractivity contribution in [3.05, 3.63) is 29.8 Å². The highest BCUT2D eigenvalue weighted by Crippen LogP contribution is 2.25. The second-order valence-electron chi connectivity index (χ2n) is 4.13. The van der Waals surface area contributed by atoms with E-state index in [1.165, 1.54) is 4.90 Å². The van der Waals surface area contributed by atoms with Gasteiger partial charge >= 0.3 is 0 Å². The number of para-hydroxylation sites is 1. The highest BCUT2D eigenvalue weighted by Gasteiger charge is 2.11. The maximum atomic E-state index is 11.4. The van der Waals surface area contributed by atoms with E-state index in [2.05, 4.69) is 0 Å². The van der Waals surface area contributed by atoms with Gasteiger partial charge in [-0.05, 0) is 12.5 Å². The molecule has 1 rings (SSSR count). The normalized spacial score (nSPS) is 12.0. The van der Waals surface area contributed by atoms with Crippen molar-refractivity contribution >= 4 is 5.91 Å². The fraction of sp³-hybridized carbons (Fsp3) is 0.462. The van der Waals surface area contributed by atoms with Gasteiger partial charge in [0.1, 0.15) is 5.75 Å². The standard InChI is InChI=1S/C13H20N2O2/c1-4-11(14)10-7-5-6-8-12(10)17-9-13(16)15(2)3/h5-8,11H,4,9,14H2,1-3H3/t11-/m0/s1. The van der Waals surface area contributed by atoms with Crippen LogP contribution in [0, 0.1) is 0 Å². The van der Waals surface area contributed by atoms with Gasteiger partial charge in [-0.2, -0.15) is 0 Å². The van der Waals surface area contributed by atoms with E-state index in [9.17, 15) is 4.79 Å². The van der Waals surface area contributed by atoms with Crippen LogP contribution in [0.2, 0.25) is 0 Å². The van der Waals surface area contributed by atoms with E-state index >= 15 is 0 Å². The summed E-state index contributed by atoms with van der Waals surface area (Å²) in [5.74, 6) is 0.627. The molecular weight excluding hydrogens is 216 g/mol. The Labute approximate surface area is 102 Å². The van der Waals surface area contributed by atoms with E-state index in [0.717, 1.165) is 12.0 Å². The first-order valence-corrected chi connectivity index (χ1v) is 5.73. The van der Waals surface area contributed by atoms with Gasteiger partial charge in [0.05, 0.1) is 0 Å². The lowest BCUT2D eigenvalue weighted by molar-refractivity contribution is -0.130. The number of hydrogen-bond acceptors (Lipinski definition) is 3. The summed E-state index contributed by atoms with van der Waals surface area (Å²) < 4.78 is 5.51. The fourth-order valence-electron chi connectivity index (χ4n) is 1.41. The van der Waals surface area contributed by atoms with E-state index < -0.39 is 0 Å². The van der Waals surface area contributed by atoms with Crippen LogP contribution < -0.4 is 10.5 Å². The molecule has 1 atom stereocenters. The third-order valence-electron chi connectivity index (χ3n) is 2.61. The first-order valence-electron chi connectivity index (χ1n) is 5.73. The topological polar surface area (TPSA) is 55.6 Å². The van der Waals surface area contributed by atoms with Crippen molar-refractivity contribution in [2.45, 2.75) is 19.4 Å². The lowest BCUT2D eigenvalue weighted by atomic mass is 10.0. The molecule has 0 aliphatic rings. The molecule has 4 heteroatoms. The summed E-state index contributed by atoms with van der Waals surface area (Å²) in [6.45, 7) is 2.06. The number of ether oxygens (including phenoxy) is 1. The van der Waals surface area contributed by atoms with Gasteiger partial charge in [-0.15, -0.1) is 0 Å². The molecule has 94 valence electrons. The van der Waals surface area contributed by atoms with Crippen LogP contribution in [-0.2, 0) is 4.79 Å². The number of likely N-dealkylation sites (N-methyl/N-ethyl adjacent to an activating group) is 1. The zero-order chi connectivity index (χ0) is 12.8. The van der Waals surface area contributed by atoms with Gasteiger partial charge < -0.3 is 15.4 Å². The van der Waals surface area contributed by atoms with Crippen LogP contribution >= 0.6 is 0 Å². The van der Waals surface area contributed by atoms with Crippen molar-refractivity contribution in [2.75, 3.05) is 20.7 Å². The Morgan fingerprint density at radius 2 is 2.06 bits per heavy atom. The van der Waals surface area contributed by atoms with Gasteiger partial charge in [-0.3, -0.25) is 4.79 Å². The molecule has 4 nitrogen and oxygen atoms in total. The molecule has 0 aliphatic carbocycles. The van der Waals surface area contributed by atoms with Crippen LogP contribution in [0.3, 0.4) is 0 Å². The summed E-state index contributed by atoms with van der Waals surface area (Å²) in [5, 5.41) is 0. The van der Waals surface area contributed by atoms with Crippen LogP contribution in [0.5, 0.6) is 5.75 Å². The lowest BCUT2D eigenvalue weighted by Gasteiger charge is -2.16. The number of hydrogen-bond donors (Lipinski definition) is 1. The number of benzene rings is 1. The molecule has 17 heavy (non-hydrogen) atoms. The minimum atomic E-state index is -0.0649. The Balaban J connectivity index is 2.74. The minimum Gasteiger partial charge on any atom is -0.483 e. The second kappa shape index (κ2) is 6.25. The van der Waals surface area contributed by atoms with Crippen molar-refractivity contribution in [2.24, 2.45) is 5.73 Å². The highest BCUT2D eigenvalue weighted by molar-refractivity contribution is 5.77. The molecule has 0 radical (unpaired) electrons. The molecule has 1 amide bonds. The zero-order valence-corrected chi connectivity index (χ0v) is 10.6. The van der Waals surface area contributed by atoms with E-state index in [1.54, 1.807) is 14.1 Å². The van der Waals surface area contributed by atoms with Crippen LogP contribution in [0.1, 0.15) is 24.9 Å². The molecule has 0 fully saturated rings. The SMILES string of the molecule is CC[C@H](N)c1ccccc1OCC(=O)N(C)C. The summed E-state index contributed by atoms with van der Waals surface area (Å²) in [5.41, 5.74) is 6.93. The molecule has 0 bridgehead atoms. The Hall–Kier alpha value is -1.55. The third kappa shape index (κ3) is 3.75. The monoisotopic (exact) mass is 236 g/mol. The van der Waals surface area contributed by atoms with E-state index in [1.807, 2.05) is 31.2 Å². The van der Waals surface area contributed by atoms with E-state index in [0.29, 0.717) is 5.75 Å². The number of carbonyl (C=O) groups excluding carboxylic acids is 1. The smallest absolute Gasteiger partial charge is 0.259 e. The molecule has 0 aliphatic heterocycles. The number of nitrogens with zero attached hydrogens (tertiary/aromatic N) is 1. The Morgan fingerprint density at radius 1 is 1.41 bits per heavy atom. The Morgan fingerprint density at radius 3 is 2.65 bits per heavy atom. The van der Waals surface area contributed by atoms with Crippen molar-refractivity contribution in [3.8, 4) is 5.75 Å². The van der Waals surface area contributed by atoms with Gasteiger partial charge in [0.15, 0.2) is 6.61 Å². The average molecular weight is 236 g/mol. The molecule has 0 aromatic heterocycles. The fourth-order valence-corrected chi connectivity index (χ4v) is 1.41. The quantitative estimate of drug-likeness (QED) is 0.844. The molecule has 1 aromatic rings. The van der Waals surface area contributed by atoms with Gasteiger partial charge in [-0.25, -0.2) is 0 Å². The summed E-state index contributed by atoms with van der Waals surface area (Å²) in [6, 6.07) is 7.52. The molecule has 0 heterocycles. The van der Waals surface area contributed by atoms with Gasteiger partial charge in [0.2, 0.25) is 0 Å². The minimum absolute atomic E-state index is 0.0421. The molecule has 2 N–H and O–H groups in total. The van der Waals surface area contributed by atoms with Crippen LogP contribution in [0.4, 0.5) is 0 Å². The molecule has 0 saturated heterocycles. The first kappa shape index (κ1) is 13.5. The van der Waals surface area contributed by atoms with Crippen molar-refractivity contribution in [1.82, 2.24) is 4.90 Å². The Bertz CT molecular complexity index is 377. The summed E-state index contributed by atoms with van der Waals surface area (Å²) in [4.78, 5) is 12.9. The predicted molar refractivity (Wildman–Crippen MR) is 67.9 cm³/mol. The van der Waals surface area contributed by atoms with E-state index in [-0.39, 0.29) is 18.6 Å². The van der Waals surface area contributed by atoms with Crippen LogP contribution in [0.25, 0.3) is 0 Å². The molecular formula is C13H20N2O2. The average Bonchev–Trinajstić information content (AvgIpc) is 2.35. The molecule has 0 unspecified atom stereocenters. The largest absolute Gasteiger partial charge is 0.483 e. The van der Waals surface area contributed by atoms with Crippen molar-refractivity contribution in [1.29, 1.82) is 0 Å². The summed E-state index contributed by atoms with van der Waals surface area (Å²) in [6.07, 6.45) is 0.835.